The van der Waals surface area contributed by atoms with E-state index in [1.165, 1.54) is 6.33 Å². The van der Waals surface area contributed by atoms with Gasteiger partial charge in [0.1, 0.15) is 6.33 Å². The van der Waals surface area contributed by atoms with E-state index in [4.69, 9.17) is 0 Å². The standard InChI is InChI=1S/C22H22N6O/c1-16-20(17(2)28-22(25-16)23-15-24-28)13-21(29)26-27(19-11-7-4-8-12-19)14-18-9-5-3-6-10-18/h3-12,15H,13-14H2,1-2H3,(H,26,29). The molecule has 1 N–H and O–H groups in total. The summed E-state index contributed by atoms with van der Waals surface area (Å²) in [7, 11) is 0. The van der Waals surface area contributed by atoms with E-state index in [0.29, 0.717) is 12.3 Å². The third-order valence-corrected chi connectivity index (χ3v) is 4.84. The Morgan fingerprint density at radius 1 is 1.03 bits per heavy atom. The van der Waals surface area contributed by atoms with Crippen LogP contribution in [0.4, 0.5) is 5.69 Å². The lowest BCUT2D eigenvalue weighted by Gasteiger charge is -2.26. The monoisotopic (exact) mass is 386 g/mol. The number of hydrogen-bond acceptors (Lipinski definition) is 5. The Kier molecular flexibility index (Phi) is 5.20. The van der Waals surface area contributed by atoms with Crippen molar-refractivity contribution in [2.45, 2.75) is 26.8 Å². The summed E-state index contributed by atoms with van der Waals surface area (Å²) in [5.74, 6) is 0.427. The van der Waals surface area contributed by atoms with E-state index in [1.54, 1.807) is 4.52 Å². The molecule has 2 aromatic heterocycles. The Balaban J connectivity index is 1.57. The van der Waals surface area contributed by atoms with Crippen molar-refractivity contribution in [3.8, 4) is 0 Å². The van der Waals surface area contributed by atoms with Crippen LogP contribution in [0.1, 0.15) is 22.5 Å². The molecule has 2 heterocycles. The molecule has 0 bridgehead atoms. The summed E-state index contributed by atoms with van der Waals surface area (Å²) >= 11 is 0. The fourth-order valence-corrected chi connectivity index (χ4v) is 3.33. The van der Waals surface area contributed by atoms with Crippen molar-refractivity contribution in [2.24, 2.45) is 0 Å². The summed E-state index contributed by atoms with van der Waals surface area (Å²) in [6.07, 6.45) is 1.67. The lowest BCUT2D eigenvalue weighted by molar-refractivity contribution is -0.120. The average molecular weight is 386 g/mol. The lowest BCUT2D eigenvalue weighted by Crippen LogP contribution is -2.43. The van der Waals surface area contributed by atoms with Crippen molar-refractivity contribution in [1.29, 1.82) is 0 Å². The summed E-state index contributed by atoms with van der Waals surface area (Å²) in [6, 6.07) is 19.9. The molecule has 0 atom stereocenters. The van der Waals surface area contributed by atoms with Gasteiger partial charge in [-0.3, -0.25) is 15.2 Å². The number of rotatable bonds is 6. The van der Waals surface area contributed by atoms with Crippen molar-refractivity contribution in [1.82, 2.24) is 25.0 Å². The van der Waals surface area contributed by atoms with Gasteiger partial charge in [0.15, 0.2) is 0 Å². The predicted octanol–water partition coefficient (Wildman–Crippen LogP) is 3.02. The molecule has 2 aromatic carbocycles. The Hall–Kier alpha value is -3.74. The van der Waals surface area contributed by atoms with Gasteiger partial charge in [0.2, 0.25) is 5.91 Å². The number of aromatic nitrogens is 4. The highest BCUT2D eigenvalue weighted by atomic mass is 16.2. The molecule has 1 amide bonds. The number of hydrogen-bond donors (Lipinski definition) is 1. The van der Waals surface area contributed by atoms with Gasteiger partial charge in [-0.05, 0) is 31.5 Å². The summed E-state index contributed by atoms with van der Waals surface area (Å²) in [5.41, 5.74) is 7.58. The van der Waals surface area contributed by atoms with Crippen molar-refractivity contribution in [2.75, 3.05) is 5.01 Å². The molecule has 4 aromatic rings. The number of para-hydroxylation sites is 1. The molecule has 29 heavy (non-hydrogen) atoms. The molecule has 4 rings (SSSR count). The minimum absolute atomic E-state index is 0.114. The van der Waals surface area contributed by atoms with E-state index >= 15 is 0 Å². The molecule has 146 valence electrons. The molecule has 0 aliphatic rings. The number of fused-ring (bicyclic) bond motifs is 1. The Morgan fingerprint density at radius 2 is 1.72 bits per heavy atom. The first kappa shape index (κ1) is 18.6. The summed E-state index contributed by atoms with van der Waals surface area (Å²) in [6.45, 7) is 4.38. The van der Waals surface area contributed by atoms with Crippen LogP contribution in [0.15, 0.2) is 67.0 Å². The minimum Gasteiger partial charge on any atom is -0.281 e. The molecule has 0 saturated heterocycles. The van der Waals surface area contributed by atoms with Crippen LogP contribution in [0.25, 0.3) is 5.78 Å². The molecule has 0 spiro atoms. The van der Waals surface area contributed by atoms with Crippen LogP contribution in [0.3, 0.4) is 0 Å². The molecule has 7 nitrogen and oxygen atoms in total. The predicted molar refractivity (Wildman–Crippen MR) is 111 cm³/mol. The summed E-state index contributed by atoms with van der Waals surface area (Å²) in [4.78, 5) is 21.5. The number of hydrazine groups is 1. The Bertz CT molecular complexity index is 1120. The normalized spacial score (nSPS) is 10.8. The molecule has 0 aliphatic heterocycles. The van der Waals surface area contributed by atoms with Crippen LogP contribution >= 0.6 is 0 Å². The second kappa shape index (κ2) is 8.10. The molecular formula is C22H22N6O. The van der Waals surface area contributed by atoms with Gasteiger partial charge in [-0.1, -0.05) is 48.5 Å². The zero-order valence-electron chi connectivity index (χ0n) is 16.4. The number of anilines is 1. The highest BCUT2D eigenvalue weighted by Crippen LogP contribution is 2.17. The molecule has 0 saturated carbocycles. The Labute approximate surface area is 169 Å². The zero-order valence-corrected chi connectivity index (χ0v) is 16.4. The van der Waals surface area contributed by atoms with Crippen LogP contribution in [0, 0.1) is 13.8 Å². The lowest BCUT2D eigenvalue weighted by atomic mass is 10.1. The maximum Gasteiger partial charge on any atom is 0.252 e. The molecule has 0 unspecified atom stereocenters. The molecule has 0 fully saturated rings. The quantitative estimate of drug-likeness (QED) is 0.516. The fourth-order valence-electron chi connectivity index (χ4n) is 3.33. The summed E-state index contributed by atoms with van der Waals surface area (Å²) in [5, 5.41) is 6.06. The van der Waals surface area contributed by atoms with Gasteiger partial charge in [-0.2, -0.15) is 10.1 Å². The zero-order chi connectivity index (χ0) is 20.2. The van der Waals surface area contributed by atoms with E-state index in [9.17, 15) is 4.79 Å². The number of aryl methyl sites for hydroxylation is 2. The molecule has 0 radical (unpaired) electrons. The number of nitrogens with zero attached hydrogens (tertiary/aromatic N) is 5. The minimum atomic E-state index is -0.114. The number of benzene rings is 2. The highest BCUT2D eigenvalue weighted by molar-refractivity contribution is 5.80. The first-order valence-corrected chi connectivity index (χ1v) is 9.43. The van der Waals surface area contributed by atoms with Crippen molar-refractivity contribution < 1.29 is 4.79 Å². The van der Waals surface area contributed by atoms with Gasteiger partial charge in [0, 0.05) is 17.0 Å². The van der Waals surface area contributed by atoms with E-state index in [0.717, 1.165) is 28.2 Å². The van der Waals surface area contributed by atoms with Crippen LogP contribution in [-0.4, -0.2) is 25.5 Å². The second-order valence-corrected chi connectivity index (χ2v) is 6.85. The van der Waals surface area contributed by atoms with E-state index in [2.05, 4.69) is 20.5 Å². The largest absolute Gasteiger partial charge is 0.281 e. The van der Waals surface area contributed by atoms with Crippen molar-refractivity contribution in [3.05, 3.63) is 89.5 Å². The fraction of sp³-hybridized carbons (Fsp3) is 0.182. The number of amides is 1. The van der Waals surface area contributed by atoms with Crippen LogP contribution in [-0.2, 0) is 17.8 Å². The third-order valence-electron chi connectivity index (χ3n) is 4.84. The molecular weight excluding hydrogens is 364 g/mol. The number of carbonyl (C=O) groups is 1. The SMILES string of the molecule is Cc1nc2ncnn2c(C)c1CC(=O)NN(Cc1ccccc1)c1ccccc1. The second-order valence-electron chi connectivity index (χ2n) is 6.85. The average Bonchev–Trinajstić information content (AvgIpc) is 3.20. The molecule has 7 heteroatoms. The topological polar surface area (TPSA) is 75.4 Å². The van der Waals surface area contributed by atoms with Crippen molar-refractivity contribution >= 4 is 17.4 Å². The van der Waals surface area contributed by atoms with Crippen LogP contribution in [0.5, 0.6) is 0 Å². The molecule has 0 aliphatic carbocycles. The smallest absolute Gasteiger partial charge is 0.252 e. The van der Waals surface area contributed by atoms with Gasteiger partial charge in [-0.25, -0.2) is 9.50 Å². The first-order chi connectivity index (χ1) is 14.1. The maximum atomic E-state index is 12.9. The summed E-state index contributed by atoms with van der Waals surface area (Å²) < 4.78 is 1.66. The Morgan fingerprint density at radius 3 is 2.45 bits per heavy atom. The van der Waals surface area contributed by atoms with E-state index in [-0.39, 0.29) is 12.3 Å². The van der Waals surface area contributed by atoms with Gasteiger partial charge < -0.3 is 0 Å². The van der Waals surface area contributed by atoms with Gasteiger partial charge in [0.05, 0.1) is 18.7 Å². The van der Waals surface area contributed by atoms with Gasteiger partial charge in [0.25, 0.3) is 5.78 Å². The van der Waals surface area contributed by atoms with Gasteiger partial charge >= 0.3 is 0 Å². The van der Waals surface area contributed by atoms with E-state index in [1.807, 2.05) is 79.5 Å². The van der Waals surface area contributed by atoms with Gasteiger partial charge in [-0.15, -0.1) is 0 Å². The van der Waals surface area contributed by atoms with E-state index < -0.39 is 0 Å². The van der Waals surface area contributed by atoms with Crippen LogP contribution in [0.2, 0.25) is 0 Å². The number of carbonyl (C=O) groups excluding carboxylic acids is 1. The maximum absolute atomic E-state index is 12.9. The third kappa shape index (κ3) is 4.08. The first-order valence-electron chi connectivity index (χ1n) is 9.43. The van der Waals surface area contributed by atoms with Crippen molar-refractivity contribution in [3.63, 3.8) is 0 Å². The highest BCUT2D eigenvalue weighted by Gasteiger charge is 2.17. The number of nitrogens with one attached hydrogen (secondary N) is 1. The van der Waals surface area contributed by atoms with Crippen LogP contribution < -0.4 is 10.4 Å².